The standard InChI is InChI=1S/C25H19BrClF3N2O3/c26-17-5-9-20(10-6-17)32-22(33)31(19-11-7-18(27)8-12-19)23(13-2-14-23)24(32,34)16-3-1-4-21(15-16)35-25(28,29)30/h1,3-12,15,34H,2,13-14H2. The maximum atomic E-state index is 14.0. The van der Waals surface area contributed by atoms with Crippen LogP contribution in [-0.2, 0) is 5.72 Å². The number of benzene rings is 3. The first kappa shape index (κ1) is 24.0. The zero-order chi connectivity index (χ0) is 25.0. The number of anilines is 2. The number of hydrogen-bond acceptors (Lipinski definition) is 3. The number of amides is 2. The van der Waals surface area contributed by atoms with Crippen LogP contribution in [0.5, 0.6) is 5.75 Å². The van der Waals surface area contributed by atoms with Crippen LogP contribution in [0.4, 0.5) is 29.3 Å². The van der Waals surface area contributed by atoms with Crippen molar-refractivity contribution in [2.24, 2.45) is 0 Å². The van der Waals surface area contributed by atoms with E-state index in [2.05, 4.69) is 20.7 Å². The summed E-state index contributed by atoms with van der Waals surface area (Å²) < 4.78 is 43.8. The molecule has 1 unspecified atom stereocenters. The summed E-state index contributed by atoms with van der Waals surface area (Å²) in [6, 6.07) is 18.1. The van der Waals surface area contributed by atoms with E-state index in [4.69, 9.17) is 11.6 Å². The molecule has 10 heteroatoms. The van der Waals surface area contributed by atoms with Gasteiger partial charge in [0.1, 0.15) is 11.3 Å². The largest absolute Gasteiger partial charge is 0.573 e. The summed E-state index contributed by atoms with van der Waals surface area (Å²) in [7, 11) is 0. The number of urea groups is 1. The van der Waals surface area contributed by atoms with Crippen LogP contribution in [0.15, 0.2) is 77.3 Å². The van der Waals surface area contributed by atoms with Gasteiger partial charge in [0.25, 0.3) is 0 Å². The number of carbonyl (C=O) groups excluding carboxylic acids is 1. The molecule has 2 aliphatic rings. The normalized spacial score (nSPS) is 21.4. The molecule has 1 N–H and O–H groups in total. The van der Waals surface area contributed by atoms with E-state index in [1.807, 2.05) is 0 Å². The molecule has 1 atom stereocenters. The van der Waals surface area contributed by atoms with Gasteiger partial charge in [-0.25, -0.2) is 4.79 Å². The second kappa shape index (κ2) is 8.43. The van der Waals surface area contributed by atoms with E-state index < -0.39 is 29.4 Å². The van der Waals surface area contributed by atoms with E-state index in [9.17, 15) is 23.1 Å². The number of hydrogen-bond donors (Lipinski definition) is 1. The Balaban J connectivity index is 1.72. The molecule has 35 heavy (non-hydrogen) atoms. The van der Waals surface area contributed by atoms with Gasteiger partial charge in [0.05, 0.1) is 0 Å². The summed E-state index contributed by atoms with van der Waals surface area (Å²) >= 11 is 9.43. The van der Waals surface area contributed by atoms with Gasteiger partial charge in [-0.1, -0.05) is 39.7 Å². The van der Waals surface area contributed by atoms with E-state index in [0.29, 0.717) is 29.2 Å². The van der Waals surface area contributed by atoms with Crippen LogP contribution in [-0.4, -0.2) is 23.0 Å². The second-order valence-corrected chi connectivity index (χ2v) is 9.89. The lowest BCUT2D eigenvalue weighted by Gasteiger charge is -2.52. The Kier molecular flexibility index (Phi) is 5.77. The van der Waals surface area contributed by atoms with Crippen molar-refractivity contribution in [2.75, 3.05) is 9.80 Å². The molecule has 3 aromatic carbocycles. The highest BCUT2D eigenvalue weighted by molar-refractivity contribution is 9.10. The molecule has 1 aliphatic heterocycles. The Hall–Kier alpha value is -2.75. The van der Waals surface area contributed by atoms with Crippen molar-refractivity contribution < 1.29 is 27.8 Å². The molecular formula is C25H19BrClF3N2O3. The molecule has 0 radical (unpaired) electrons. The molecule has 0 aromatic heterocycles. The SMILES string of the molecule is O=C1N(c2ccc(Cl)cc2)C2(CCC2)C(O)(c2cccc(OC(F)(F)F)c2)N1c1ccc(Br)cc1. The van der Waals surface area contributed by atoms with Crippen molar-refractivity contribution >= 4 is 44.9 Å². The lowest BCUT2D eigenvalue weighted by molar-refractivity contribution is -0.274. The molecule has 5 rings (SSSR count). The molecule has 2 fully saturated rings. The number of halogens is 5. The third-order valence-corrected chi connectivity index (χ3v) is 7.38. The van der Waals surface area contributed by atoms with Crippen LogP contribution in [0.3, 0.4) is 0 Å². The van der Waals surface area contributed by atoms with Gasteiger partial charge in [0.15, 0.2) is 5.72 Å². The van der Waals surface area contributed by atoms with Gasteiger partial charge in [-0.05, 0) is 79.9 Å². The van der Waals surface area contributed by atoms with Crippen molar-refractivity contribution in [3.63, 3.8) is 0 Å². The minimum atomic E-state index is -4.90. The third kappa shape index (κ3) is 3.86. The Morgan fingerprint density at radius 1 is 0.943 bits per heavy atom. The Morgan fingerprint density at radius 3 is 2.11 bits per heavy atom. The van der Waals surface area contributed by atoms with Gasteiger partial charge in [0.2, 0.25) is 0 Å². The summed E-state index contributed by atoms with van der Waals surface area (Å²) in [4.78, 5) is 16.8. The number of nitrogens with zero attached hydrogens (tertiary/aromatic N) is 2. The van der Waals surface area contributed by atoms with E-state index in [1.165, 1.54) is 21.9 Å². The monoisotopic (exact) mass is 566 g/mol. The van der Waals surface area contributed by atoms with Crippen molar-refractivity contribution in [1.82, 2.24) is 0 Å². The number of rotatable bonds is 4. The number of aliphatic hydroxyl groups is 1. The predicted molar refractivity (Wildman–Crippen MR) is 130 cm³/mol. The van der Waals surface area contributed by atoms with Gasteiger partial charge in [-0.2, -0.15) is 0 Å². The fraction of sp³-hybridized carbons (Fsp3) is 0.240. The highest BCUT2D eigenvalue weighted by atomic mass is 79.9. The second-order valence-electron chi connectivity index (χ2n) is 8.54. The Labute approximate surface area is 212 Å². The molecule has 2 amide bonds. The molecule has 1 spiro atoms. The van der Waals surface area contributed by atoms with Crippen molar-refractivity contribution in [2.45, 2.75) is 36.9 Å². The maximum Gasteiger partial charge on any atom is 0.573 e. The Bertz CT molecular complexity index is 1270. The smallest absolute Gasteiger partial charge is 0.406 e. The third-order valence-electron chi connectivity index (χ3n) is 6.60. The fourth-order valence-electron chi connectivity index (χ4n) is 5.01. The van der Waals surface area contributed by atoms with Crippen LogP contribution in [0, 0.1) is 0 Å². The first-order chi connectivity index (χ1) is 16.5. The van der Waals surface area contributed by atoms with E-state index in [1.54, 1.807) is 48.5 Å². The van der Waals surface area contributed by atoms with Gasteiger partial charge in [0, 0.05) is 26.4 Å². The van der Waals surface area contributed by atoms with Crippen LogP contribution in [0.25, 0.3) is 0 Å². The van der Waals surface area contributed by atoms with Crippen LogP contribution in [0.1, 0.15) is 24.8 Å². The average Bonchev–Trinajstić information content (AvgIpc) is 2.99. The topological polar surface area (TPSA) is 53.0 Å². The van der Waals surface area contributed by atoms with Crippen LogP contribution < -0.4 is 14.5 Å². The van der Waals surface area contributed by atoms with Gasteiger partial charge >= 0.3 is 12.4 Å². The zero-order valence-corrected chi connectivity index (χ0v) is 20.4. The van der Waals surface area contributed by atoms with Crippen LogP contribution in [0.2, 0.25) is 5.02 Å². The average molecular weight is 568 g/mol. The van der Waals surface area contributed by atoms with Crippen LogP contribution >= 0.6 is 27.5 Å². The first-order valence-corrected chi connectivity index (χ1v) is 12.0. The highest BCUT2D eigenvalue weighted by Gasteiger charge is 2.70. The molecule has 182 valence electrons. The van der Waals surface area contributed by atoms with Gasteiger partial charge in [-0.3, -0.25) is 9.80 Å². The maximum absolute atomic E-state index is 14.0. The molecule has 0 bridgehead atoms. The van der Waals surface area contributed by atoms with Crippen molar-refractivity contribution in [3.05, 3.63) is 87.9 Å². The molecular weight excluding hydrogens is 549 g/mol. The molecule has 1 heterocycles. The zero-order valence-electron chi connectivity index (χ0n) is 18.1. The summed E-state index contributed by atoms with van der Waals surface area (Å²) in [6.45, 7) is 0. The number of carbonyl (C=O) groups is 1. The first-order valence-electron chi connectivity index (χ1n) is 10.8. The molecule has 1 saturated carbocycles. The van der Waals surface area contributed by atoms with Gasteiger partial charge in [-0.15, -0.1) is 13.2 Å². The fourth-order valence-corrected chi connectivity index (χ4v) is 5.40. The lowest BCUT2D eigenvalue weighted by atomic mass is 9.66. The van der Waals surface area contributed by atoms with E-state index >= 15 is 0 Å². The molecule has 1 saturated heterocycles. The molecule has 3 aromatic rings. The quantitative estimate of drug-likeness (QED) is 0.362. The summed E-state index contributed by atoms with van der Waals surface area (Å²) in [5.74, 6) is -0.481. The molecule has 5 nitrogen and oxygen atoms in total. The van der Waals surface area contributed by atoms with E-state index in [0.717, 1.165) is 23.0 Å². The minimum Gasteiger partial charge on any atom is -0.406 e. The summed E-state index contributed by atoms with van der Waals surface area (Å²) in [5, 5.41) is 13.0. The minimum absolute atomic E-state index is 0.117. The number of ether oxygens (including phenoxy) is 1. The number of alkyl halides is 3. The predicted octanol–water partition coefficient (Wildman–Crippen LogP) is 7.22. The summed E-state index contributed by atoms with van der Waals surface area (Å²) in [5.41, 5.74) is -2.07. The lowest BCUT2D eigenvalue weighted by Crippen LogP contribution is -2.63. The van der Waals surface area contributed by atoms with Gasteiger partial charge < -0.3 is 9.84 Å². The Morgan fingerprint density at radius 2 is 1.54 bits per heavy atom. The summed E-state index contributed by atoms with van der Waals surface area (Å²) in [6.07, 6.45) is -3.29. The van der Waals surface area contributed by atoms with Crippen molar-refractivity contribution in [1.29, 1.82) is 0 Å². The molecule has 1 aliphatic carbocycles. The van der Waals surface area contributed by atoms with Crippen molar-refractivity contribution in [3.8, 4) is 5.75 Å². The van der Waals surface area contributed by atoms with E-state index in [-0.39, 0.29) is 5.56 Å². The highest BCUT2D eigenvalue weighted by Crippen LogP contribution is 2.59.